The number of benzene rings is 2. The molecule has 1 atom stereocenters. The SMILES string of the molecule is CSc1ncc(CN2CCCC(C(=O)c3ccc4c5c(cccc35)CC4)C2)cn1. The van der Waals surface area contributed by atoms with E-state index in [0.717, 1.165) is 67.0 Å². The number of hydrogen-bond donors (Lipinski definition) is 0. The molecule has 148 valence electrons. The number of carbonyl (C=O) groups excluding carboxylic acids is 1. The molecule has 1 fully saturated rings. The summed E-state index contributed by atoms with van der Waals surface area (Å²) in [4.78, 5) is 24.6. The van der Waals surface area contributed by atoms with Crippen LogP contribution in [0.2, 0.25) is 0 Å². The molecule has 3 aromatic rings. The molecular formula is C24H25N3OS. The topological polar surface area (TPSA) is 46.1 Å². The summed E-state index contributed by atoms with van der Waals surface area (Å²) in [5.74, 6) is 0.368. The minimum absolute atomic E-state index is 0.0635. The van der Waals surface area contributed by atoms with Crippen molar-refractivity contribution in [2.75, 3.05) is 19.3 Å². The Bertz CT molecular complexity index is 1050. The fraction of sp³-hybridized carbons (Fsp3) is 0.375. The number of Topliss-reactive ketones (excluding diaryl/α,β-unsaturated/α-hetero) is 1. The average molecular weight is 404 g/mol. The maximum absolute atomic E-state index is 13.5. The van der Waals surface area contributed by atoms with Crippen LogP contribution in [-0.2, 0) is 19.4 Å². The van der Waals surface area contributed by atoms with Crippen LogP contribution in [-0.4, -0.2) is 40.0 Å². The van der Waals surface area contributed by atoms with Crippen molar-refractivity contribution in [1.82, 2.24) is 14.9 Å². The maximum Gasteiger partial charge on any atom is 0.187 e. The van der Waals surface area contributed by atoms with E-state index in [1.54, 1.807) is 11.8 Å². The average Bonchev–Trinajstić information content (AvgIpc) is 3.19. The van der Waals surface area contributed by atoms with Gasteiger partial charge >= 0.3 is 0 Å². The van der Waals surface area contributed by atoms with Crippen LogP contribution in [0.4, 0.5) is 0 Å². The van der Waals surface area contributed by atoms with Gasteiger partial charge in [-0.25, -0.2) is 9.97 Å². The first kappa shape index (κ1) is 18.8. The van der Waals surface area contributed by atoms with Gasteiger partial charge in [-0.15, -0.1) is 0 Å². The highest BCUT2D eigenvalue weighted by molar-refractivity contribution is 7.98. The fourth-order valence-electron chi connectivity index (χ4n) is 4.88. The van der Waals surface area contributed by atoms with Crippen molar-refractivity contribution in [1.29, 1.82) is 0 Å². The number of aryl methyl sites for hydroxylation is 2. The molecule has 1 aromatic heterocycles. The smallest absolute Gasteiger partial charge is 0.187 e. The number of nitrogens with zero attached hydrogens (tertiary/aromatic N) is 3. The molecule has 29 heavy (non-hydrogen) atoms. The van der Waals surface area contributed by atoms with Crippen LogP contribution < -0.4 is 0 Å². The lowest BCUT2D eigenvalue weighted by Gasteiger charge is -2.32. The number of rotatable bonds is 5. The second-order valence-electron chi connectivity index (χ2n) is 8.13. The Balaban J connectivity index is 1.36. The van der Waals surface area contributed by atoms with Crippen LogP contribution in [0.3, 0.4) is 0 Å². The molecule has 1 aliphatic carbocycles. The van der Waals surface area contributed by atoms with E-state index in [2.05, 4.69) is 45.2 Å². The molecule has 0 saturated carbocycles. The van der Waals surface area contributed by atoms with Crippen LogP contribution in [0.25, 0.3) is 10.8 Å². The van der Waals surface area contributed by atoms with E-state index in [4.69, 9.17) is 0 Å². The second kappa shape index (κ2) is 7.88. The number of ketones is 1. The lowest BCUT2D eigenvalue weighted by atomic mass is 9.87. The second-order valence-corrected chi connectivity index (χ2v) is 8.90. The van der Waals surface area contributed by atoms with E-state index >= 15 is 0 Å². The fourth-order valence-corrected chi connectivity index (χ4v) is 5.20. The van der Waals surface area contributed by atoms with E-state index in [-0.39, 0.29) is 5.92 Å². The predicted octanol–water partition coefficient (Wildman–Crippen LogP) is 4.55. The number of carbonyl (C=O) groups is 1. The van der Waals surface area contributed by atoms with Crippen LogP contribution in [0.15, 0.2) is 47.9 Å². The van der Waals surface area contributed by atoms with Crippen LogP contribution in [0, 0.1) is 5.92 Å². The summed E-state index contributed by atoms with van der Waals surface area (Å²) in [7, 11) is 0. The van der Waals surface area contributed by atoms with Gasteiger partial charge in [0.15, 0.2) is 10.9 Å². The highest BCUT2D eigenvalue weighted by Gasteiger charge is 2.28. The molecule has 1 saturated heterocycles. The Morgan fingerprint density at radius 2 is 1.93 bits per heavy atom. The third-order valence-electron chi connectivity index (χ3n) is 6.29. The van der Waals surface area contributed by atoms with Crippen molar-refractivity contribution in [2.24, 2.45) is 5.92 Å². The van der Waals surface area contributed by atoms with Gasteiger partial charge in [-0.1, -0.05) is 42.1 Å². The summed E-state index contributed by atoms with van der Waals surface area (Å²) in [6, 6.07) is 10.7. The minimum Gasteiger partial charge on any atom is -0.298 e. The van der Waals surface area contributed by atoms with Gasteiger partial charge in [0, 0.05) is 42.5 Å². The van der Waals surface area contributed by atoms with Crippen molar-refractivity contribution in [3.63, 3.8) is 0 Å². The highest BCUT2D eigenvalue weighted by atomic mass is 32.2. The molecular weight excluding hydrogens is 378 g/mol. The number of thioether (sulfide) groups is 1. The summed E-state index contributed by atoms with van der Waals surface area (Å²) in [6.45, 7) is 2.65. The third-order valence-corrected chi connectivity index (χ3v) is 6.87. The molecule has 4 nitrogen and oxygen atoms in total. The largest absolute Gasteiger partial charge is 0.298 e. The van der Waals surface area contributed by atoms with E-state index in [1.807, 2.05) is 18.6 Å². The zero-order valence-corrected chi connectivity index (χ0v) is 17.5. The Labute approximate surface area is 175 Å². The zero-order chi connectivity index (χ0) is 19.8. The Morgan fingerprint density at radius 1 is 1.14 bits per heavy atom. The van der Waals surface area contributed by atoms with Crippen molar-refractivity contribution in [3.05, 3.63) is 65.0 Å². The van der Waals surface area contributed by atoms with Gasteiger partial charge in [-0.2, -0.15) is 0 Å². The summed E-state index contributed by atoms with van der Waals surface area (Å²) < 4.78 is 0. The van der Waals surface area contributed by atoms with Gasteiger partial charge in [-0.3, -0.25) is 9.69 Å². The zero-order valence-electron chi connectivity index (χ0n) is 16.7. The third kappa shape index (κ3) is 3.58. The molecule has 0 N–H and O–H groups in total. The Hall–Kier alpha value is -2.24. The monoisotopic (exact) mass is 403 g/mol. The van der Waals surface area contributed by atoms with E-state index in [0.29, 0.717) is 5.78 Å². The van der Waals surface area contributed by atoms with Crippen molar-refractivity contribution < 1.29 is 4.79 Å². The first-order valence-electron chi connectivity index (χ1n) is 10.4. The summed E-state index contributed by atoms with van der Waals surface area (Å²) in [5.41, 5.74) is 4.81. The normalized spacial score (nSPS) is 19.0. The van der Waals surface area contributed by atoms with Crippen molar-refractivity contribution in [2.45, 2.75) is 37.4 Å². The van der Waals surface area contributed by atoms with Gasteiger partial charge < -0.3 is 0 Å². The lowest BCUT2D eigenvalue weighted by molar-refractivity contribution is 0.0813. The van der Waals surface area contributed by atoms with Gasteiger partial charge in [0.05, 0.1) is 0 Å². The molecule has 5 heteroatoms. The van der Waals surface area contributed by atoms with E-state index in [1.165, 1.54) is 16.5 Å². The number of aromatic nitrogens is 2. The summed E-state index contributed by atoms with van der Waals surface area (Å²) in [6.07, 6.45) is 10.0. The van der Waals surface area contributed by atoms with E-state index < -0.39 is 0 Å². The highest BCUT2D eigenvalue weighted by Crippen LogP contribution is 2.34. The molecule has 0 spiro atoms. The van der Waals surface area contributed by atoms with Crippen molar-refractivity contribution in [3.8, 4) is 0 Å². The molecule has 0 radical (unpaired) electrons. The van der Waals surface area contributed by atoms with Gasteiger partial charge in [0.1, 0.15) is 0 Å². The molecule has 5 rings (SSSR count). The van der Waals surface area contributed by atoms with Gasteiger partial charge in [-0.05, 0) is 60.4 Å². The van der Waals surface area contributed by atoms with Crippen LogP contribution in [0.1, 0.15) is 39.9 Å². The lowest BCUT2D eigenvalue weighted by Crippen LogP contribution is -2.38. The molecule has 2 aromatic carbocycles. The molecule has 1 unspecified atom stereocenters. The Morgan fingerprint density at radius 3 is 2.72 bits per heavy atom. The molecule has 2 aliphatic rings. The molecule has 2 heterocycles. The first-order valence-corrected chi connectivity index (χ1v) is 11.6. The predicted molar refractivity (Wildman–Crippen MR) is 118 cm³/mol. The standard InChI is InChI=1S/C24H25N3OS/c1-29-24-25-12-16(13-26-24)14-27-11-3-5-19(15-27)23(28)21-10-9-18-8-7-17-4-2-6-20(21)22(17)18/h2,4,6,9-10,12-13,19H,3,5,7-8,11,14-15H2,1H3. The van der Waals surface area contributed by atoms with Crippen LogP contribution in [0.5, 0.6) is 0 Å². The van der Waals surface area contributed by atoms with Crippen LogP contribution >= 0.6 is 11.8 Å². The molecule has 1 aliphatic heterocycles. The molecule has 0 bridgehead atoms. The number of likely N-dealkylation sites (tertiary alicyclic amines) is 1. The summed E-state index contributed by atoms with van der Waals surface area (Å²) >= 11 is 1.55. The van der Waals surface area contributed by atoms with Gasteiger partial charge in [0.25, 0.3) is 0 Å². The van der Waals surface area contributed by atoms with Crippen molar-refractivity contribution >= 4 is 28.3 Å². The van der Waals surface area contributed by atoms with Gasteiger partial charge in [0.2, 0.25) is 0 Å². The van der Waals surface area contributed by atoms with E-state index in [9.17, 15) is 4.79 Å². The first-order chi connectivity index (χ1) is 14.2. The summed E-state index contributed by atoms with van der Waals surface area (Å²) in [5, 5.41) is 3.28. The minimum atomic E-state index is 0.0635. The maximum atomic E-state index is 13.5. The quantitative estimate of drug-likeness (QED) is 0.355. The Kier molecular flexibility index (Phi) is 5.10. The number of piperidine rings is 1. The molecule has 0 amide bonds. The number of hydrogen-bond acceptors (Lipinski definition) is 5.